The van der Waals surface area contributed by atoms with Gasteiger partial charge < -0.3 is 9.88 Å². The summed E-state index contributed by atoms with van der Waals surface area (Å²) >= 11 is 0. The topological polar surface area (TPSA) is 46.9 Å². The standard InChI is InChI=1S/C11H19N3O/c1-2-11(15)13-6-4-3-5-8-14-9-7-12-10-14/h7,9-10H,2-6,8H2,1H3,(H,13,15). The smallest absolute Gasteiger partial charge is 0.219 e. The van der Waals surface area contributed by atoms with Gasteiger partial charge in [-0.3, -0.25) is 4.79 Å². The van der Waals surface area contributed by atoms with Crippen LogP contribution in [0.2, 0.25) is 0 Å². The molecule has 1 aromatic heterocycles. The molecule has 0 aromatic carbocycles. The number of rotatable bonds is 7. The van der Waals surface area contributed by atoms with E-state index in [1.807, 2.05) is 19.4 Å². The van der Waals surface area contributed by atoms with Gasteiger partial charge in [0.2, 0.25) is 5.91 Å². The Hall–Kier alpha value is -1.32. The minimum atomic E-state index is 0.143. The number of unbranched alkanes of at least 4 members (excludes halogenated alkanes) is 2. The highest BCUT2D eigenvalue weighted by molar-refractivity contribution is 5.75. The van der Waals surface area contributed by atoms with Gasteiger partial charge in [0.25, 0.3) is 0 Å². The molecule has 1 amide bonds. The van der Waals surface area contributed by atoms with E-state index in [-0.39, 0.29) is 5.91 Å². The number of aryl methyl sites for hydroxylation is 1. The van der Waals surface area contributed by atoms with Crippen LogP contribution in [0, 0.1) is 0 Å². The highest BCUT2D eigenvalue weighted by atomic mass is 16.1. The second-order valence-electron chi connectivity index (χ2n) is 3.56. The third-order valence-electron chi connectivity index (χ3n) is 2.30. The van der Waals surface area contributed by atoms with E-state index in [1.165, 1.54) is 0 Å². The number of carbonyl (C=O) groups excluding carboxylic acids is 1. The van der Waals surface area contributed by atoms with Crippen molar-refractivity contribution in [1.82, 2.24) is 14.9 Å². The molecule has 0 spiro atoms. The highest BCUT2D eigenvalue weighted by Gasteiger charge is 1.95. The second-order valence-corrected chi connectivity index (χ2v) is 3.56. The maximum atomic E-state index is 10.9. The van der Waals surface area contributed by atoms with Crippen molar-refractivity contribution in [3.05, 3.63) is 18.7 Å². The monoisotopic (exact) mass is 209 g/mol. The van der Waals surface area contributed by atoms with Gasteiger partial charge in [-0.1, -0.05) is 6.92 Å². The summed E-state index contributed by atoms with van der Waals surface area (Å²) in [5.74, 6) is 0.143. The Kier molecular flexibility index (Phi) is 5.51. The van der Waals surface area contributed by atoms with Crippen molar-refractivity contribution in [2.45, 2.75) is 39.2 Å². The molecule has 1 N–H and O–H groups in total. The van der Waals surface area contributed by atoms with Gasteiger partial charge in [0.05, 0.1) is 6.33 Å². The molecule has 1 aromatic rings. The SMILES string of the molecule is CCC(=O)NCCCCCn1ccnc1. The minimum absolute atomic E-state index is 0.143. The Morgan fingerprint density at radius 2 is 2.27 bits per heavy atom. The lowest BCUT2D eigenvalue weighted by Gasteiger charge is -2.04. The van der Waals surface area contributed by atoms with E-state index in [2.05, 4.69) is 14.9 Å². The fraction of sp³-hybridized carbons (Fsp3) is 0.636. The van der Waals surface area contributed by atoms with E-state index < -0.39 is 0 Å². The van der Waals surface area contributed by atoms with Crippen LogP contribution in [0.4, 0.5) is 0 Å². The Morgan fingerprint density at radius 1 is 1.40 bits per heavy atom. The van der Waals surface area contributed by atoms with Gasteiger partial charge in [0.1, 0.15) is 0 Å². The molecular formula is C11H19N3O. The third kappa shape index (κ3) is 5.20. The van der Waals surface area contributed by atoms with Crippen molar-refractivity contribution in [3.8, 4) is 0 Å². The fourth-order valence-electron chi connectivity index (χ4n) is 1.37. The highest BCUT2D eigenvalue weighted by Crippen LogP contribution is 1.98. The van der Waals surface area contributed by atoms with Crippen molar-refractivity contribution in [2.75, 3.05) is 6.54 Å². The van der Waals surface area contributed by atoms with Gasteiger partial charge in [-0.05, 0) is 19.3 Å². The lowest BCUT2D eigenvalue weighted by Crippen LogP contribution is -2.23. The molecule has 0 aliphatic carbocycles. The summed E-state index contributed by atoms with van der Waals surface area (Å²) in [6.07, 6.45) is 9.51. The van der Waals surface area contributed by atoms with E-state index in [0.717, 1.165) is 32.4 Å². The summed E-state index contributed by atoms with van der Waals surface area (Å²) in [5.41, 5.74) is 0. The van der Waals surface area contributed by atoms with Crippen molar-refractivity contribution in [1.29, 1.82) is 0 Å². The van der Waals surface area contributed by atoms with Crippen LogP contribution in [0.25, 0.3) is 0 Å². The number of nitrogens with one attached hydrogen (secondary N) is 1. The first-order valence-corrected chi connectivity index (χ1v) is 5.55. The molecule has 4 heteroatoms. The lowest BCUT2D eigenvalue weighted by atomic mass is 10.2. The molecule has 1 heterocycles. The molecule has 1 rings (SSSR count). The summed E-state index contributed by atoms with van der Waals surface area (Å²) < 4.78 is 2.07. The van der Waals surface area contributed by atoms with E-state index in [0.29, 0.717) is 6.42 Å². The molecule has 0 saturated carbocycles. The average Bonchev–Trinajstić information content (AvgIpc) is 2.75. The summed E-state index contributed by atoms with van der Waals surface area (Å²) in [5, 5.41) is 2.87. The maximum absolute atomic E-state index is 10.9. The largest absolute Gasteiger partial charge is 0.356 e. The zero-order valence-corrected chi connectivity index (χ0v) is 9.28. The Bertz CT molecular complexity index is 269. The van der Waals surface area contributed by atoms with Crippen LogP contribution in [0.1, 0.15) is 32.6 Å². The van der Waals surface area contributed by atoms with Crippen LogP contribution in [0.15, 0.2) is 18.7 Å². The van der Waals surface area contributed by atoms with Crippen molar-refractivity contribution in [2.24, 2.45) is 0 Å². The molecule has 0 saturated heterocycles. The number of hydrogen-bond acceptors (Lipinski definition) is 2. The van der Waals surface area contributed by atoms with Crippen LogP contribution >= 0.6 is 0 Å². The lowest BCUT2D eigenvalue weighted by molar-refractivity contribution is -0.120. The molecule has 0 unspecified atom stereocenters. The Balaban J connectivity index is 1.91. The van der Waals surface area contributed by atoms with Gasteiger partial charge in [-0.25, -0.2) is 4.98 Å². The zero-order chi connectivity index (χ0) is 10.9. The molecule has 0 aliphatic heterocycles. The molecule has 0 bridgehead atoms. The Labute approximate surface area is 90.7 Å². The van der Waals surface area contributed by atoms with Crippen molar-refractivity contribution in [3.63, 3.8) is 0 Å². The van der Waals surface area contributed by atoms with Crippen LogP contribution in [-0.2, 0) is 11.3 Å². The molecule has 0 atom stereocenters. The van der Waals surface area contributed by atoms with Gasteiger partial charge in [-0.15, -0.1) is 0 Å². The Morgan fingerprint density at radius 3 is 2.93 bits per heavy atom. The first kappa shape index (κ1) is 11.8. The molecule has 4 nitrogen and oxygen atoms in total. The summed E-state index contributed by atoms with van der Waals surface area (Å²) in [6.45, 7) is 3.69. The van der Waals surface area contributed by atoms with Crippen LogP contribution in [0.5, 0.6) is 0 Å². The quantitative estimate of drug-likeness (QED) is 0.693. The van der Waals surface area contributed by atoms with Crippen LogP contribution in [-0.4, -0.2) is 22.0 Å². The predicted molar refractivity (Wildman–Crippen MR) is 59.4 cm³/mol. The third-order valence-corrected chi connectivity index (χ3v) is 2.30. The van der Waals surface area contributed by atoms with Crippen molar-refractivity contribution >= 4 is 5.91 Å². The first-order valence-electron chi connectivity index (χ1n) is 5.55. The molecule has 15 heavy (non-hydrogen) atoms. The molecular weight excluding hydrogens is 190 g/mol. The number of nitrogens with zero attached hydrogens (tertiary/aromatic N) is 2. The number of carbonyl (C=O) groups is 1. The van der Waals surface area contributed by atoms with Gasteiger partial charge in [0, 0.05) is 31.9 Å². The van der Waals surface area contributed by atoms with Gasteiger partial charge in [0.15, 0.2) is 0 Å². The number of imidazole rings is 1. The zero-order valence-electron chi connectivity index (χ0n) is 9.28. The summed E-state index contributed by atoms with van der Waals surface area (Å²) in [7, 11) is 0. The summed E-state index contributed by atoms with van der Waals surface area (Å²) in [6, 6.07) is 0. The normalized spacial score (nSPS) is 10.2. The van der Waals surface area contributed by atoms with Gasteiger partial charge >= 0.3 is 0 Å². The van der Waals surface area contributed by atoms with E-state index in [9.17, 15) is 4.79 Å². The molecule has 0 aliphatic rings. The number of hydrogen-bond donors (Lipinski definition) is 1. The van der Waals surface area contributed by atoms with Gasteiger partial charge in [-0.2, -0.15) is 0 Å². The number of amides is 1. The number of aromatic nitrogens is 2. The molecule has 0 fully saturated rings. The molecule has 0 radical (unpaired) electrons. The van der Waals surface area contributed by atoms with E-state index >= 15 is 0 Å². The van der Waals surface area contributed by atoms with E-state index in [1.54, 1.807) is 6.20 Å². The van der Waals surface area contributed by atoms with E-state index in [4.69, 9.17) is 0 Å². The second kappa shape index (κ2) is 7.04. The molecule has 84 valence electrons. The van der Waals surface area contributed by atoms with Crippen LogP contribution in [0.3, 0.4) is 0 Å². The van der Waals surface area contributed by atoms with Crippen LogP contribution < -0.4 is 5.32 Å². The van der Waals surface area contributed by atoms with Crippen molar-refractivity contribution < 1.29 is 4.79 Å². The minimum Gasteiger partial charge on any atom is -0.356 e. The first-order chi connectivity index (χ1) is 7.33. The average molecular weight is 209 g/mol. The predicted octanol–water partition coefficient (Wildman–Crippen LogP) is 1.58. The fourth-order valence-corrected chi connectivity index (χ4v) is 1.37. The summed E-state index contributed by atoms with van der Waals surface area (Å²) in [4.78, 5) is 14.9. The maximum Gasteiger partial charge on any atom is 0.219 e.